The molecular formula is C53H100NO8P. The maximum absolute atomic E-state index is 12.7. The van der Waals surface area contributed by atoms with Crippen LogP contribution in [-0.4, -0.2) is 70.0 Å². The topological polar surface area (TPSA) is 111 Å². The van der Waals surface area contributed by atoms with Gasteiger partial charge in [-0.3, -0.25) is 14.2 Å². The highest BCUT2D eigenvalue weighted by molar-refractivity contribution is 7.45. The number of phosphoric acid groups is 1. The third kappa shape index (κ3) is 49.5. The van der Waals surface area contributed by atoms with Crippen molar-refractivity contribution in [3.63, 3.8) is 0 Å². The summed E-state index contributed by atoms with van der Waals surface area (Å²) in [7, 11) is 1.16. The Hall–Kier alpha value is -1.77. The number of esters is 2. The fourth-order valence-electron chi connectivity index (χ4n) is 7.38. The molecule has 0 bridgehead atoms. The number of quaternary nitrogens is 1. The first-order valence-electron chi connectivity index (χ1n) is 26.2. The van der Waals surface area contributed by atoms with Crippen molar-refractivity contribution in [2.45, 2.75) is 245 Å². The summed E-state index contributed by atoms with van der Waals surface area (Å²) >= 11 is 0. The van der Waals surface area contributed by atoms with E-state index in [0.717, 1.165) is 64.2 Å². The zero-order valence-electron chi connectivity index (χ0n) is 41.8. The van der Waals surface area contributed by atoms with Gasteiger partial charge in [0.2, 0.25) is 0 Å². The Morgan fingerprint density at radius 3 is 1.35 bits per heavy atom. The molecule has 10 heteroatoms. The molecule has 0 heterocycles. The molecule has 2 unspecified atom stereocenters. The molecule has 0 amide bonds. The van der Waals surface area contributed by atoms with Crippen LogP contribution in [-0.2, 0) is 32.7 Å². The largest absolute Gasteiger partial charge is 0.756 e. The van der Waals surface area contributed by atoms with Crippen molar-refractivity contribution >= 4 is 19.8 Å². The van der Waals surface area contributed by atoms with Gasteiger partial charge >= 0.3 is 11.9 Å². The molecule has 0 spiro atoms. The Bertz CT molecular complexity index is 1170. The molecule has 0 aromatic heterocycles. The summed E-state index contributed by atoms with van der Waals surface area (Å²) in [5, 5.41) is 0. The molecule has 0 aliphatic heterocycles. The smallest absolute Gasteiger partial charge is 0.306 e. The van der Waals surface area contributed by atoms with Crippen molar-refractivity contribution < 1.29 is 42.1 Å². The molecule has 0 aromatic rings. The Labute approximate surface area is 389 Å². The number of nitrogens with zero attached hydrogens (tertiary/aromatic N) is 1. The van der Waals surface area contributed by atoms with E-state index in [1.54, 1.807) is 0 Å². The number of ether oxygens (including phenoxy) is 2. The van der Waals surface area contributed by atoms with E-state index in [-0.39, 0.29) is 32.0 Å². The number of carbonyl (C=O) groups excluding carboxylic acids is 2. The Balaban J connectivity index is 4.20. The van der Waals surface area contributed by atoms with Crippen LogP contribution in [0, 0.1) is 0 Å². The Kier molecular flexibility index (Phi) is 44.1. The number of hydrogen-bond acceptors (Lipinski definition) is 8. The lowest BCUT2D eigenvalue weighted by Gasteiger charge is -2.28. The number of allylic oxidation sites excluding steroid dienone is 6. The van der Waals surface area contributed by atoms with Gasteiger partial charge in [-0.2, -0.15) is 0 Å². The molecule has 0 rings (SSSR count). The van der Waals surface area contributed by atoms with Gasteiger partial charge in [0, 0.05) is 12.8 Å². The Morgan fingerprint density at radius 1 is 0.508 bits per heavy atom. The van der Waals surface area contributed by atoms with Gasteiger partial charge in [-0.15, -0.1) is 0 Å². The second-order valence-corrected chi connectivity index (χ2v) is 20.3. The highest BCUT2D eigenvalue weighted by Gasteiger charge is 2.21. The second-order valence-electron chi connectivity index (χ2n) is 18.9. The molecular weight excluding hydrogens is 810 g/mol. The van der Waals surface area contributed by atoms with Crippen molar-refractivity contribution in [1.82, 2.24) is 0 Å². The quantitative estimate of drug-likeness (QED) is 0.0195. The van der Waals surface area contributed by atoms with Crippen molar-refractivity contribution in [2.75, 3.05) is 47.5 Å². The fourth-order valence-corrected chi connectivity index (χ4v) is 8.11. The monoisotopic (exact) mass is 910 g/mol. The molecule has 2 atom stereocenters. The zero-order valence-corrected chi connectivity index (χ0v) is 42.7. The summed E-state index contributed by atoms with van der Waals surface area (Å²) in [4.78, 5) is 37.7. The van der Waals surface area contributed by atoms with Gasteiger partial charge in [0.05, 0.1) is 27.7 Å². The maximum Gasteiger partial charge on any atom is 0.306 e. The number of carbonyl (C=O) groups is 2. The highest BCUT2D eigenvalue weighted by atomic mass is 31.2. The normalized spacial score (nSPS) is 13.7. The van der Waals surface area contributed by atoms with E-state index in [1.165, 1.54) is 141 Å². The summed E-state index contributed by atoms with van der Waals surface area (Å²) in [6.45, 7) is 4.14. The van der Waals surface area contributed by atoms with E-state index in [2.05, 4.69) is 50.3 Å². The molecule has 0 aliphatic carbocycles. The van der Waals surface area contributed by atoms with Crippen molar-refractivity contribution in [1.29, 1.82) is 0 Å². The third-order valence-corrected chi connectivity index (χ3v) is 12.4. The predicted octanol–water partition coefficient (Wildman–Crippen LogP) is 15.0. The van der Waals surface area contributed by atoms with Gasteiger partial charge in [0.1, 0.15) is 19.8 Å². The van der Waals surface area contributed by atoms with Crippen LogP contribution >= 0.6 is 7.82 Å². The minimum Gasteiger partial charge on any atom is -0.756 e. The van der Waals surface area contributed by atoms with Crippen LogP contribution < -0.4 is 4.89 Å². The molecule has 0 aromatic carbocycles. The third-order valence-electron chi connectivity index (χ3n) is 11.4. The zero-order chi connectivity index (χ0) is 46.4. The first kappa shape index (κ1) is 61.2. The van der Waals surface area contributed by atoms with Crippen LogP contribution in [0.15, 0.2) is 36.5 Å². The summed E-state index contributed by atoms with van der Waals surface area (Å²) in [6, 6.07) is 0. The van der Waals surface area contributed by atoms with Gasteiger partial charge < -0.3 is 27.9 Å². The van der Waals surface area contributed by atoms with Gasteiger partial charge in [-0.1, -0.05) is 217 Å². The molecule has 370 valence electrons. The van der Waals surface area contributed by atoms with E-state index in [4.69, 9.17) is 18.5 Å². The lowest BCUT2D eigenvalue weighted by molar-refractivity contribution is -0.870. The van der Waals surface area contributed by atoms with E-state index in [1.807, 2.05) is 21.1 Å². The van der Waals surface area contributed by atoms with Crippen molar-refractivity contribution in [2.24, 2.45) is 0 Å². The van der Waals surface area contributed by atoms with Gasteiger partial charge in [0.25, 0.3) is 7.82 Å². The molecule has 0 saturated heterocycles. The molecule has 9 nitrogen and oxygen atoms in total. The van der Waals surface area contributed by atoms with Gasteiger partial charge in [0.15, 0.2) is 6.10 Å². The molecule has 0 N–H and O–H groups in total. The lowest BCUT2D eigenvalue weighted by atomic mass is 10.0. The summed E-state index contributed by atoms with van der Waals surface area (Å²) in [5.74, 6) is -0.835. The maximum atomic E-state index is 12.7. The van der Waals surface area contributed by atoms with Crippen LogP contribution in [0.2, 0.25) is 0 Å². The minimum absolute atomic E-state index is 0.0320. The van der Waals surface area contributed by atoms with Gasteiger partial charge in [-0.05, 0) is 44.9 Å². The van der Waals surface area contributed by atoms with Gasteiger partial charge in [-0.25, -0.2) is 0 Å². The van der Waals surface area contributed by atoms with Crippen molar-refractivity contribution in [3.8, 4) is 0 Å². The van der Waals surface area contributed by atoms with Crippen LogP contribution in [0.4, 0.5) is 0 Å². The average molecular weight is 910 g/mol. The molecule has 0 fully saturated rings. The first-order valence-corrected chi connectivity index (χ1v) is 27.7. The fraction of sp³-hybridized carbons (Fsp3) is 0.849. The van der Waals surface area contributed by atoms with Crippen molar-refractivity contribution in [3.05, 3.63) is 36.5 Å². The number of rotatable bonds is 48. The van der Waals surface area contributed by atoms with Crippen LogP contribution in [0.25, 0.3) is 0 Å². The van der Waals surface area contributed by atoms with Crippen LogP contribution in [0.5, 0.6) is 0 Å². The molecule has 0 radical (unpaired) electrons. The number of unbranched alkanes of at least 4 members (excludes halogenated alkanes) is 28. The second kappa shape index (κ2) is 45.4. The number of likely N-dealkylation sites (N-methyl/N-ethyl adjacent to an activating group) is 1. The molecule has 63 heavy (non-hydrogen) atoms. The SMILES string of the molecule is CC/C=C\C/C=C\C/C=C\CCCCCCCCCC(=O)OC(COC(=O)CCCCCCCCCCCCCCCCCCCCCCCC)COP(=O)([O-])OCC[N+](C)(C)C. The summed E-state index contributed by atoms with van der Waals surface area (Å²) < 4.78 is 34.1. The highest BCUT2D eigenvalue weighted by Crippen LogP contribution is 2.38. The molecule has 0 aliphatic rings. The van der Waals surface area contributed by atoms with E-state index >= 15 is 0 Å². The lowest BCUT2D eigenvalue weighted by Crippen LogP contribution is -2.37. The summed E-state index contributed by atoms with van der Waals surface area (Å²) in [6.07, 6.45) is 53.2. The number of hydrogen-bond donors (Lipinski definition) is 0. The minimum atomic E-state index is -4.63. The Morgan fingerprint density at radius 2 is 0.905 bits per heavy atom. The van der Waals surface area contributed by atoms with E-state index < -0.39 is 26.5 Å². The van der Waals surface area contributed by atoms with Crippen LogP contribution in [0.1, 0.15) is 239 Å². The summed E-state index contributed by atoms with van der Waals surface area (Å²) in [5.41, 5.74) is 0. The molecule has 0 saturated carbocycles. The first-order chi connectivity index (χ1) is 30.5. The standard InChI is InChI=1S/C53H100NO8P/c1-6-8-10-12-14-16-18-20-22-24-25-26-27-28-30-31-33-35-37-39-41-43-45-52(55)59-49-51(50-61-63(57,58)60-48-47-54(3,4)5)62-53(56)46-44-42-40-38-36-34-32-29-23-21-19-17-15-13-11-9-7-2/h9,11,15,17,21,23,51H,6-8,10,12-14,16,18-20,22,24-50H2,1-5H3/b11-9-,17-15-,23-21-. The predicted molar refractivity (Wildman–Crippen MR) is 264 cm³/mol. The number of phosphoric ester groups is 1. The average Bonchev–Trinajstić information content (AvgIpc) is 3.24. The van der Waals surface area contributed by atoms with Crippen LogP contribution in [0.3, 0.4) is 0 Å². The van der Waals surface area contributed by atoms with E-state index in [9.17, 15) is 19.0 Å². The van der Waals surface area contributed by atoms with E-state index in [0.29, 0.717) is 17.4 Å².